The lowest BCUT2D eigenvalue weighted by Gasteiger charge is -2.15. The molecular formula is C18H26N2O3. The van der Waals surface area contributed by atoms with E-state index in [0.717, 1.165) is 18.6 Å². The molecule has 1 aromatic carbocycles. The van der Waals surface area contributed by atoms with Crippen LogP contribution in [0.5, 0.6) is 5.75 Å². The molecule has 0 spiro atoms. The number of rotatable bonds is 9. The van der Waals surface area contributed by atoms with Crippen LogP contribution in [0.4, 0.5) is 0 Å². The highest BCUT2D eigenvalue weighted by molar-refractivity contribution is 5.81. The van der Waals surface area contributed by atoms with Crippen molar-refractivity contribution in [2.24, 2.45) is 5.92 Å². The van der Waals surface area contributed by atoms with E-state index in [2.05, 4.69) is 10.6 Å². The van der Waals surface area contributed by atoms with E-state index in [0.29, 0.717) is 26.0 Å². The Bertz CT molecular complexity index is 524. The van der Waals surface area contributed by atoms with Crippen molar-refractivity contribution in [3.05, 3.63) is 29.8 Å². The minimum absolute atomic E-state index is 0.00863. The zero-order valence-corrected chi connectivity index (χ0v) is 13.9. The van der Waals surface area contributed by atoms with Crippen molar-refractivity contribution < 1.29 is 14.3 Å². The monoisotopic (exact) mass is 318 g/mol. The fourth-order valence-electron chi connectivity index (χ4n) is 2.19. The molecule has 0 unspecified atom stereocenters. The Kier molecular flexibility index (Phi) is 6.44. The predicted molar refractivity (Wildman–Crippen MR) is 89.2 cm³/mol. The molecule has 0 bridgehead atoms. The van der Waals surface area contributed by atoms with Crippen LogP contribution in [-0.4, -0.2) is 31.0 Å². The molecule has 1 atom stereocenters. The summed E-state index contributed by atoms with van der Waals surface area (Å²) >= 11 is 0. The van der Waals surface area contributed by atoms with E-state index in [9.17, 15) is 9.59 Å². The van der Waals surface area contributed by atoms with Gasteiger partial charge in [0, 0.05) is 18.9 Å². The van der Waals surface area contributed by atoms with Crippen LogP contribution in [0, 0.1) is 12.8 Å². The molecule has 126 valence electrons. The van der Waals surface area contributed by atoms with Gasteiger partial charge in [0.1, 0.15) is 12.4 Å². The molecule has 0 heterocycles. The lowest BCUT2D eigenvalue weighted by Crippen LogP contribution is -2.37. The Balaban J connectivity index is 1.54. The lowest BCUT2D eigenvalue weighted by atomic mass is 10.2. The summed E-state index contributed by atoms with van der Waals surface area (Å²) in [6.45, 7) is 4.95. The van der Waals surface area contributed by atoms with E-state index in [4.69, 9.17) is 4.74 Å². The smallest absolute Gasteiger partial charge is 0.223 e. The second-order valence-corrected chi connectivity index (χ2v) is 6.26. The van der Waals surface area contributed by atoms with E-state index in [1.54, 1.807) is 0 Å². The van der Waals surface area contributed by atoms with E-state index >= 15 is 0 Å². The molecule has 0 aliphatic heterocycles. The Labute approximate surface area is 137 Å². The maximum atomic E-state index is 11.8. The topological polar surface area (TPSA) is 67.4 Å². The van der Waals surface area contributed by atoms with Gasteiger partial charge in [-0.25, -0.2) is 0 Å². The van der Waals surface area contributed by atoms with Crippen LogP contribution in [0.1, 0.15) is 38.2 Å². The van der Waals surface area contributed by atoms with Crippen LogP contribution < -0.4 is 15.4 Å². The molecule has 23 heavy (non-hydrogen) atoms. The first-order chi connectivity index (χ1) is 11.0. The number of ether oxygens (including phenoxy) is 1. The van der Waals surface area contributed by atoms with Gasteiger partial charge in [-0.05, 0) is 45.2 Å². The van der Waals surface area contributed by atoms with Crippen LogP contribution in [0.15, 0.2) is 24.3 Å². The summed E-state index contributed by atoms with van der Waals surface area (Å²) in [5.74, 6) is 1.15. The van der Waals surface area contributed by atoms with Gasteiger partial charge in [-0.15, -0.1) is 0 Å². The highest BCUT2D eigenvalue weighted by atomic mass is 16.5. The molecule has 1 aliphatic carbocycles. The summed E-state index contributed by atoms with van der Waals surface area (Å²) in [5.41, 5.74) is 1.19. The van der Waals surface area contributed by atoms with Gasteiger partial charge in [0.05, 0.1) is 6.04 Å². The molecule has 2 rings (SSSR count). The third-order valence-corrected chi connectivity index (χ3v) is 3.76. The fraction of sp³-hybridized carbons (Fsp3) is 0.556. The Morgan fingerprint density at radius 3 is 2.61 bits per heavy atom. The van der Waals surface area contributed by atoms with E-state index in [1.165, 1.54) is 5.56 Å². The molecule has 1 saturated carbocycles. The van der Waals surface area contributed by atoms with Crippen molar-refractivity contribution in [1.29, 1.82) is 0 Å². The summed E-state index contributed by atoms with van der Waals surface area (Å²) in [4.78, 5) is 23.3. The lowest BCUT2D eigenvalue weighted by molar-refractivity contribution is -0.124. The van der Waals surface area contributed by atoms with Crippen LogP contribution in [0.2, 0.25) is 0 Å². The molecule has 1 aromatic rings. The predicted octanol–water partition coefficient (Wildman–Crippen LogP) is 2.18. The minimum atomic E-state index is -0.0511. The first-order valence-electron chi connectivity index (χ1n) is 8.31. The van der Waals surface area contributed by atoms with Gasteiger partial charge < -0.3 is 15.4 Å². The van der Waals surface area contributed by atoms with Gasteiger partial charge in [0.25, 0.3) is 0 Å². The van der Waals surface area contributed by atoms with Gasteiger partial charge in [-0.2, -0.15) is 0 Å². The SMILES string of the molecule is Cc1ccc(OC[C@@H](C)NC(=O)CCCNC(=O)C2CC2)cc1. The number of aryl methyl sites for hydroxylation is 1. The maximum absolute atomic E-state index is 11.8. The molecule has 5 heteroatoms. The minimum Gasteiger partial charge on any atom is -0.491 e. The maximum Gasteiger partial charge on any atom is 0.223 e. The van der Waals surface area contributed by atoms with Crippen molar-refractivity contribution in [3.63, 3.8) is 0 Å². The number of benzene rings is 1. The van der Waals surface area contributed by atoms with Crippen molar-refractivity contribution in [1.82, 2.24) is 10.6 Å². The molecule has 0 aromatic heterocycles. The van der Waals surface area contributed by atoms with E-state index < -0.39 is 0 Å². The highest BCUT2D eigenvalue weighted by Gasteiger charge is 2.28. The standard InChI is InChI=1S/C18H26N2O3/c1-13-5-9-16(10-6-13)23-12-14(2)20-17(21)4-3-11-19-18(22)15-7-8-15/h5-6,9-10,14-15H,3-4,7-8,11-12H2,1-2H3,(H,19,22)(H,20,21)/t14-/m1/s1. The number of carbonyl (C=O) groups excluding carboxylic acids is 2. The number of hydrogen-bond acceptors (Lipinski definition) is 3. The van der Waals surface area contributed by atoms with Gasteiger partial charge in [0.15, 0.2) is 0 Å². The first-order valence-corrected chi connectivity index (χ1v) is 8.31. The van der Waals surface area contributed by atoms with E-state index in [1.807, 2.05) is 38.1 Å². The summed E-state index contributed by atoms with van der Waals surface area (Å²) < 4.78 is 5.64. The number of carbonyl (C=O) groups is 2. The Morgan fingerprint density at radius 2 is 1.96 bits per heavy atom. The number of hydrogen-bond donors (Lipinski definition) is 2. The van der Waals surface area contributed by atoms with Gasteiger partial charge in [-0.1, -0.05) is 17.7 Å². The molecule has 0 saturated heterocycles. The number of amides is 2. The second-order valence-electron chi connectivity index (χ2n) is 6.26. The molecule has 2 amide bonds. The van der Waals surface area contributed by atoms with Crippen molar-refractivity contribution in [3.8, 4) is 5.75 Å². The van der Waals surface area contributed by atoms with Crippen LogP contribution in [0.3, 0.4) is 0 Å². The average molecular weight is 318 g/mol. The van der Waals surface area contributed by atoms with Gasteiger partial charge in [0.2, 0.25) is 11.8 Å². The quantitative estimate of drug-likeness (QED) is 0.686. The van der Waals surface area contributed by atoms with Crippen LogP contribution in [-0.2, 0) is 9.59 Å². The molecule has 2 N–H and O–H groups in total. The van der Waals surface area contributed by atoms with Gasteiger partial charge in [-0.3, -0.25) is 9.59 Å². The van der Waals surface area contributed by atoms with Gasteiger partial charge >= 0.3 is 0 Å². The third-order valence-electron chi connectivity index (χ3n) is 3.76. The molecule has 1 fully saturated rings. The largest absolute Gasteiger partial charge is 0.491 e. The Hall–Kier alpha value is -2.04. The Morgan fingerprint density at radius 1 is 1.26 bits per heavy atom. The van der Waals surface area contributed by atoms with Crippen LogP contribution >= 0.6 is 0 Å². The molecule has 0 radical (unpaired) electrons. The molecule has 1 aliphatic rings. The summed E-state index contributed by atoms with van der Waals surface area (Å²) in [6.07, 6.45) is 3.09. The van der Waals surface area contributed by atoms with Crippen molar-refractivity contribution in [2.45, 2.75) is 45.6 Å². The first kappa shape index (κ1) is 17.3. The normalized spacial score (nSPS) is 14.9. The third kappa shape index (κ3) is 6.72. The highest BCUT2D eigenvalue weighted by Crippen LogP contribution is 2.28. The van der Waals surface area contributed by atoms with Crippen molar-refractivity contribution >= 4 is 11.8 Å². The zero-order chi connectivity index (χ0) is 16.7. The number of nitrogens with one attached hydrogen (secondary N) is 2. The zero-order valence-electron chi connectivity index (χ0n) is 13.9. The summed E-state index contributed by atoms with van der Waals surface area (Å²) in [6, 6.07) is 7.78. The second kappa shape index (κ2) is 8.56. The molecule has 5 nitrogen and oxygen atoms in total. The van der Waals surface area contributed by atoms with Crippen LogP contribution in [0.25, 0.3) is 0 Å². The summed E-state index contributed by atoms with van der Waals surface area (Å²) in [7, 11) is 0. The van der Waals surface area contributed by atoms with Crippen molar-refractivity contribution in [2.75, 3.05) is 13.2 Å². The average Bonchev–Trinajstić information content (AvgIpc) is 3.35. The fourth-order valence-corrected chi connectivity index (χ4v) is 2.19. The summed E-state index contributed by atoms with van der Waals surface area (Å²) in [5, 5.41) is 5.77. The van der Waals surface area contributed by atoms with E-state index in [-0.39, 0.29) is 23.8 Å². The molecular weight excluding hydrogens is 292 g/mol.